The predicted octanol–water partition coefficient (Wildman–Crippen LogP) is 2.30. The average molecular weight is 122 g/mol. The van der Waals surface area contributed by atoms with Gasteiger partial charge in [0.2, 0.25) is 0 Å². The summed E-state index contributed by atoms with van der Waals surface area (Å²) >= 11 is 0. The highest BCUT2D eigenvalue weighted by atomic mass is 15.0. The van der Waals surface area contributed by atoms with Crippen LogP contribution in [0.5, 0.6) is 0 Å². The lowest BCUT2D eigenvalue weighted by atomic mass is 9.76. The molecule has 5 atom stereocenters. The van der Waals surface area contributed by atoms with Gasteiger partial charge in [-0.1, -0.05) is 20.8 Å². The van der Waals surface area contributed by atoms with Crippen LogP contribution in [0.25, 0.3) is 0 Å². The molecule has 50 valence electrons. The smallest absolute Gasteiger partial charge is 0.0173 e. The summed E-state index contributed by atoms with van der Waals surface area (Å²) in [5, 5.41) is 0. The van der Waals surface area contributed by atoms with Gasteiger partial charge in [0.1, 0.15) is 0 Å². The lowest BCUT2D eigenvalue weighted by Crippen LogP contribution is -2.24. The van der Waals surface area contributed by atoms with Crippen molar-refractivity contribution in [1.29, 1.82) is 0 Å². The van der Waals surface area contributed by atoms with Gasteiger partial charge in [-0.2, -0.15) is 0 Å². The molecule has 0 aliphatic heterocycles. The zero-order chi connectivity index (χ0) is 6.44. The minimum Gasteiger partial charge on any atom is -0.0617 e. The van der Waals surface area contributed by atoms with Gasteiger partial charge in [0.25, 0.3) is 0 Å². The Hall–Kier alpha value is 0. The second kappa shape index (κ2) is 0.810. The molecule has 0 nitrogen and oxygen atoms in total. The van der Waals surface area contributed by atoms with Crippen molar-refractivity contribution in [2.45, 2.75) is 27.2 Å². The summed E-state index contributed by atoms with van der Waals surface area (Å²) in [6.45, 7) is 7.37. The maximum Gasteiger partial charge on any atom is -0.0173 e. The van der Waals surface area contributed by atoms with Crippen LogP contribution in [-0.2, 0) is 0 Å². The molecule has 0 heterocycles. The van der Waals surface area contributed by atoms with Gasteiger partial charge in [0, 0.05) is 0 Å². The van der Waals surface area contributed by atoms with Crippen molar-refractivity contribution in [3.05, 3.63) is 0 Å². The summed E-state index contributed by atoms with van der Waals surface area (Å²) in [5.74, 6) is 3.31. The SMILES string of the molecule is CC1C2C(C)C23CC13C. The van der Waals surface area contributed by atoms with Crippen LogP contribution in [0.1, 0.15) is 27.2 Å². The minimum absolute atomic E-state index is 0.830. The van der Waals surface area contributed by atoms with Crippen LogP contribution in [-0.4, -0.2) is 0 Å². The molecule has 0 aromatic carbocycles. The van der Waals surface area contributed by atoms with Crippen LogP contribution < -0.4 is 0 Å². The van der Waals surface area contributed by atoms with E-state index < -0.39 is 0 Å². The average Bonchev–Trinajstić information content (AvgIpc) is 2.52. The monoisotopic (exact) mass is 122 g/mol. The highest BCUT2D eigenvalue weighted by molar-refractivity contribution is 5.40. The Morgan fingerprint density at radius 3 is 2.00 bits per heavy atom. The summed E-state index contributed by atoms with van der Waals surface area (Å²) in [6, 6.07) is 0. The van der Waals surface area contributed by atoms with Gasteiger partial charge in [-0.3, -0.25) is 0 Å². The van der Waals surface area contributed by atoms with Crippen LogP contribution in [0.2, 0.25) is 0 Å². The molecule has 3 saturated carbocycles. The maximum absolute atomic E-state index is 2.48. The normalized spacial score (nSPS) is 82.3. The first kappa shape index (κ1) is 4.76. The van der Waals surface area contributed by atoms with E-state index in [1.165, 1.54) is 0 Å². The van der Waals surface area contributed by atoms with Crippen molar-refractivity contribution in [1.82, 2.24) is 0 Å². The third-order valence-corrected chi connectivity index (χ3v) is 4.98. The fourth-order valence-electron chi connectivity index (χ4n) is 4.17. The standard InChI is InChI=1S/C9H14/c1-5-7-6(2)9(7)4-8(5,9)3/h5-7H,4H2,1-3H3. The van der Waals surface area contributed by atoms with E-state index >= 15 is 0 Å². The molecule has 5 unspecified atom stereocenters. The van der Waals surface area contributed by atoms with Crippen LogP contribution in [0.4, 0.5) is 0 Å². The topological polar surface area (TPSA) is 0 Å². The quantitative estimate of drug-likeness (QED) is 0.462. The molecule has 0 aromatic heterocycles. The van der Waals surface area contributed by atoms with Crippen LogP contribution in [0.3, 0.4) is 0 Å². The molecule has 3 aliphatic carbocycles. The van der Waals surface area contributed by atoms with E-state index in [1.54, 1.807) is 6.42 Å². The van der Waals surface area contributed by atoms with Gasteiger partial charge in [-0.05, 0) is 35.0 Å². The number of hydrogen-bond acceptors (Lipinski definition) is 0. The molecule has 3 aliphatic rings. The van der Waals surface area contributed by atoms with E-state index in [2.05, 4.69) is 20.8 Å². The minimum atomic E-state index is 0.830. The van der Waals surface area contributed by atoms with Crippen LogP contribution in [0.15, 0.2) is 0 Å². The van der Waals surface area contributed by atoms with Crippen LogP contribution in [0, 0.1) is 28.6 Å². The Bertz CT molecular complexity index is 188. The third kappa shape index (κ3) is 0.210. The van der Waals surface area contributed by atoms with Crippen LogP contribution >= 0.6 is 0 Å². The lowest BCUT2D eigenvalue weighted by Gasteiger charge is -2.28. The summed E-state index contributed by atoms with van der Waals surface area (Å²) in [4.78, 5) is 0. The molecule has 0 saturated heterocycles. The van der Waals surface area contributed by atoms with Crippen molar-refractivity contribution in [3.63, 3.8) is 0 Å². The fourth-order valence-corrected chi connectivity index (χ4v) is 4.17. The molecular formula is C9H14. The Balaban J connectivity index is 2.07. The number of hydrogen-bond donors (Lipinski definition) is 0. The Morgan fingerprint density at radius 2 is 1.89 bits per heavy atom. The van der Waals surface area contributed by atoms with E-state index in [0.717, 1.165) is 28.6 Å². The molecule has 1 spiro atoms. The summed E-state index contributed by atoms with van der Waals surface area (Å²) in [6.07, 6.45) is 1.56. The third-order valence-electron chi connectivity index (χ3n) is 4.98. The number of rotatable bonds is 0. The first-order chi connectivity index (χ1) is 4.14. The molecule has 9 heavy (non-hydrogen) atoms. The van der Waals surface area contributed by atoms with Gasteiger partial charge in [0.05, 0.1) is 0 Å². The van der Waals surface area contributed by atoms with Crippen molar-refractivity contribution in [2.75, 3.05) is 0 Å². The van der Waals surface area contributed by atoms with Crippen molar-refractivity contribution >= 4 is 0 Å². The summed E-state index contributed by atoms with van der Waals surface area (Å²) in [5.41, 5.74) is 1.75. The first-order valence-corrected chi connectivity index (χ1v) is 4.14. The molecule has 3 fully saturated rings. The largest absolute Gasteiger partial charge is 0.0617 e. The molecule has 0 heteroatoms. The summed E-state index contributed by atoms with van der Waals surface area (Å²) < 4.78 is 0. The first-order valence-electron chi connectivity index (χ1n) is 4.14. The molecule has 0 radical (unpaired) electrons. The van der Waals surface area contributed by atoms with E-state index in [9.17, 15) is 0 Å². The maximum atomic E-state index is 2.48. The molecular weight excluding hydrogens is 108 g/mol. The zero-order valence-corrected chi connectivity index (χ0v) is 6.44. The van der Waals surface area contributed by atoms with E-state index in [1.807, 2.05) is 0 Å². The van der Waals surface area contributed by atoms with E-state index in [0.29, 0.717) is 0 Å². The van der Waals surface area contributed by atoms with Gasteiger partial charge in [-0.15, -0.1) is 0 Å². The van der Waals surface area contributed by atoms with Crippen molar-refractivity contribution < 1.29 is 0 Å². The Morgan fingerprint density at radius 1 is 1.22 bits per heavy atom. The molecule has 0 aromatic rings. The van der Waals surface area contributed by atoms with E-state index in [4.69, 9.17) is 0 Å². The molecule has 0 bridgehead atoms. The zero-order valence-electron chi connectivity index (χ0n) is 6.44. The second-order valence-electron chi connectivity index (χ2n) is 4.74. The highest BCUT2D eigenvalue weighted by Crippen LogP contribution is 2.98. The van der Waals surface area contributed by atoms with Crippen molar-refractivity contribution in [3.8, 4) is 0 Å². The highest BCUT2D eigenvalue weighted by Gasteiger charge is 2.93. The predicted molar refractivity (Wildman–Crippen MR) is 37.0 cm³/mol. The van der Waals surface area contributed by atoms with Gasteiger partial charge >= 0.3 is 0 Å². The van der Waals surface area contributed by atoms with Gasteiger partial charge < -0.3 is 0 Å². The molecule has 0 N–H and O–H groups in total. The Kier molecular flexibility index (Phi) is 0.428. The van der Waals surface area contributed by atoms with Crippen molar-refractivity contribution in [2.24, 2.45) is 28.6 Å². The lowest BCUT2D eigenvalue weighted by molar-refractivity contribution is 0.188. The fraction of sp³-hybridized carbons (Fsp3) is 1.00. The van der Waals surface area contributed by atoms with E-state index in [-0.39, 0.29) is 0 Å². The molecule has 0 amide bonds. The molecule has 3 rings (SSSR count). The van der Waals surface area contributed by atoms with Gasteiger partial charge in [-0.25, -0.2) is 0 Å². The summed E-state index contributed by atoms with van der Waals surface area (Å²) in [7, 11) is 0. The second-order valence-corrected chi connectivity index (χ2v) is 4.74. The van der Waals surface area contributed by atoms with Gasteiger partial charge in [0.15, 0.2) is 0 Å². The Labute approximate surface area is 56.6 Å².